The monoisotopic (exact) mass is 543 g/mol. The van der Waals surface area contributed by atoms with Crippen molar-refractivity contribution in [1.29, 1.82) is 0 Å². The van der Waals surface area contributed by atoms with Gasteiger partial charge in [-0.05, 0) is 41.5 Å². The second kappa shape index (κ2) is 9.91. The zero-order valence-corrected chi connectivity index (χ0v) is 22.2. The van der Waals surface area contributed by atoms with Gasteiger partial charge in [0.1, 0.15) is 0 Å². The fourth-order valence-electron chi connectivity index (χ4n) is 4.94. The lowest BCUT2D eigenvalue weighted by atomic mass is 10.0. The van der Waals surface area contributed by atoms with Crippen molar-refractivity contribution in [3.63, 3.8) is 0 Å². The van der Waals surface area contributed by atoms with Gasteiger partial charge in [-0.3, -0.25) is 0 Å². The molecule has 1 aliphatic rings. The van der Waals surface area contributed by atoms with Crippen LogP contribution in [0.5, 0.6) is 23.3 Å². The van der Waals surface area contributed by atoms with Gasteiger partial charge in [0.05, 0.1) is 11.0 Å². The highest BCUT2D eigenvalue weighted by Crippen LogP contribution is 2.43. The lowest BCUT2D eigenvalue weighted by Crippen LogP contribution is -2.03. The molecule has 5 aromatic carbocycles. The Bertz CT molecular complexity index is 2040. The summed E-state index contributed by atoms with van der Waals surface area (Å²) in [6.45, 7) is 0. The van der Waals surface area contributed by atoms with E-state index in [-0.39, 0.29) is 0 Å². The summed E-state index contributed by atoms with van der Waals surface area (Å²) < 4.78 is 11.9. The van der Waals surface area contributed by atoms with Crippen LogP contribution in [0.25, 0.3) is 56.3 Å². The third kappa shape index (κ3) is 4.39. The molecule has 7 nitrogen and oxygen atoms in total. The van der Waals surface area contributed by atoms with Gasteiger partial charge in [0.15, 0.2) is 29.0 Å². The standard InChI is InChI=1S/C35H21N5O2/c1-3-10-22(11-4-1)31-38-32(23-12-5-2-6-13-23)40-33(39-31)26-15-9-14-24(20-26)25-18-19-27-28(21-25)37-35-34(36-27)41-29-16-7-8-17-30(29)42-35/h1-21H. The van der Waals surface area contributed by atoms with Crippen molar-refractivity contribution in [3.8, 4) is 68.5 Å². The molecule has 0 radical (unpaired) electrons. The van der Waals surface area contributed by atoms with Crippen molar-refractivity contribution < 1.29 is 9.47 Å². The van der Waals surface area contributed by atoms with E-state index < -0.39 is 0 Å². The Labute approximate surface area is 241 Å². The van der Waals surface area contributed by atoms with Gasteiger partial charge < -0.3 is 9.47 Å². The van der Waals surface area contributed by atoms with Gasteiger partial charge in [0, 0.05) is 16.7 Å². The van der Waals surface area contributed by atoms with E-state index in [9.17, 15) is 0 Å². The third-order valence-electron chi connectivity index (χ3n) is 7.02. The first-order chi connectivity index (χ1) is 20.8. The Morgan fingerprint density at radius 3 is 1.43 bits per heavy atom. The summed E-state index contributed by atoms with van der Waals surface area (Å²) in [6.07, 6.45) is 0. The van der Waals surface area contributed by atoms with E-state index in [4.69, 9.17) is 29.4 Å². The number of fused-ring (bicyclic) bond motifs is 3. The van der Waals surface area contributed by atoms with Crippen LogP contribution in [0.1, 0.15) is 0 Å². The fourth-order valence-corrected chi connectivity index (χ4v) is 4.94. The topological polar surface area (TPSA) is 82.9 Å². The van der Waals surface area contributed by atoms with Gasteiger partial charge in [-0.2, -0.15) is 0 Å². The van der Waals surface area contributed by atoms with Gasteiger partial charge in [0.25, 0.3) is 11.8 Å². The van der Waals surface area contributed by atoms with Crippen LogP contribution in [0.4, 0.5) is 0 Å². The van der Waals surface area contributed by atoms with E-state index in [1.54, 1.807) is 0 Å². The van der Waals surface area contributed by atoms with E-state index in [1.807, 2.05) is 115 Å². The Hall–Kier alpha value is -5.95. The molecule has 7 heteroatoms. The molecule has 42 heavy (non-hydrogen) atoms. The normalized spacial score (nSPS) is 11.7. The molecule has 0 aliphatic carbocycles. The maximum atomic E-state index is 5.98. The highest BCUT2D eigenvalue weighted by atomic mass is 16.6. The van der Waals surface area contributed by atoms with Crippen molar-refractivity contribution in [2.45, 2.75) is 0 Å². The van der Waals surface area contributed by atoms with Crippen LogP contribution in [0.2, 0.25) is 0 Å². The van der Waals surface area contributed by atoms with E-state index in [2.05, 4.69) is 17.1 Å². The predicted octanol–water partition coefficient (Wildman–Crippen LogP) is 8.38. The molecule has 2 aromatic heterocycles. The number of para-hydroxylation sites is 2. The van der Waals surface area contributed by atoms with Crippen molar-refractivity contribution in [2.24, 2.45) is 0 Å². The minimum Gasteiger partial charge on any atom is -0.431 e. The van der Waals surface area contributed by atoms with Gasteiger partial charge >= 0.3 is 0 Å². The summed E-state index contributed by atoms with van der Waals surface area (Å²) in [5.74, 6) is 3.79. The van der Waals surface area contributed by atoms with E-state index in [1.165, 1.54) is 0 Å². The first-order valence-electron chi connectivity index (χ1n) is 13.5. The lowest BCUT2D eigenvalue weighted by Gasteiger charge is -2.18. The highest BCUT2D eigenvalue weighted by molar-refractivity contribution is 5.83. The smallest absolute Gasteiger partial charge is 0.284 e. The molecule has 0 atom stereocenters. The SMILES string of the molecule is c1ccc(-c2nc(-c3ccccc3)nc(-c3cccc(-c4ccc5nc6c(nc5c4)Oc4ccccc4O6)c3)n2)cc1. The van der Waals surface area contributed by atoms with Crippen LogP contribution in [-0.2, 0) is 0 Å². The van der Waals surface area contributed by atoms with Gasteiger partial charge in [-0.15, -0.1) is 0 Å². The summed E-state index contributed by atoms with van der Waals surface area (Å²) in [5, 5.41) is 0. The maximum absolute atomic E-state index is 5.98. The van der Waals surface area contributed by atoms with Gasteiger partial charge in [0.2, 0.25) is 0 Å². The molecule has 1 aliphatic heterocycles. The van der Waals surface area contributed by atoms with Crippen molar-refractivity contribution in [2.75, 3.05) is 0 Å². The fraction of sp³-hybridized carbons (Fsp3) is 0. The molecular formula is C35H21N5O2. The van der Waals surface area contributed by atoms with Crippen LogP contribution in [0.3, 0.4) is 0 Å². The number of benzene rings is 5. The summed E-state index contributed by atoms with van der Waals surface area (Å²) in [7, 11) is 0. The lowest BCUT2D eigenvalue weighted by molar-refractivity contribution is 0.339. The number of hydrogen-bond donors (Lipinski definition) is 0. The second-order valence-electron chi connectivity index (χ2n) is 9.81. The molecule has 3 heterocycles. The Morgan fingerprint density at radius 1 is 0.333 bits per heavy atom. The third-order valence-corrected chi connectivity index (χ3v) is 7.02. The zero-order valence-electron chi connectivity index (χ0n) is 22.2. The first kappa shape index (κ1) is 23.9. The average molecular weight is 544 g/mol. The number of aromatic nitrogens is 5. The largest absolute Gasteiger partial charge is 0.431 e. The Morgan fingerprint density at radius 2 is 0.810 bits per heavy atom. The van der Waals surface area contributed by atoms with Crippen LogP contribution in [0, 0.1) is 0 Å². The quantitative estimate of drug-likeness (QED) is 0.220. The summed E-state index contributed by atoms with van der Waals surface area (Å²) >= 11 is 0. The van der Waals surface area contributed by atoms with Gasteiger partial charge in [-0.1, -0.05) is 97.1 Å². The van der Waals surface area contributed by atoms with Crippen molar-refractivity contribution >= 4 is 11.0 Å². The molecule has 7 aromatic rings. The van der Waals surface area contributed by atoms with Gasteiger partial charge in [-0.25, -0.2) is 24.9 Å². The van der Waals surface area contributed by atoms with Crippen LogP contribution in [-0.4, -0.2) is 24.9 Å². The molecule has 0 unspecified atom stereocenters. The van der Waals surface area contributed by atoms with Crippen molar-refractivity contribution in [1.82, 2.24) is 24.9 Å². The van der Waals surface area contributed by atoms with E-state index in [0.717, 1.165) is 27.8 Å². The first-order valence-corrected chi connectivity index (χ1v) is 13.5. The molecule has 0 saturated heterocycles. The molecule has 0 N–H and O–H groups in total. The van der Waals surface area contributed by atoms with E-state index in [0.29, 0.717) is 51.8 Å². The molecule has 0 spiro atoms. The zero-order chi connectivity index (χ0) is 27.9. The van der Waals surface area contributed by atoms with Crippen LogP contribution >= 0.6 is 0 Å². The van der Waals surface area contributed by atoms with E-state index >= 15 is 0 Å². The molecular weight excluding hydrogens is 522 g/mol. The number of nitrogens with zero attached hydrogens (tertiary/aromatic N) is 5. The number of rotatable bonds is 4. The number of ether oxygens (including phenoxy) is 2. The molecule has 0 fully saturated rings. The second-order valence-corrected chi connectivity index (χ2v) is 9.81. The Kier molecular flexibility index (Phi) is 5.64. The number of hydrogen-bond acceptors (Lipinski definition) is 7. The Balaban J connectivity index is 1.19. The molecule has 8 rings (SSSR count). The molecule has 0 amide bonds. The predicted molar refractivity (Wildman–Crippen MR) is 161 cm³/mol. The van der Waals surface area contributed by atoms with Crippen molar-refractivity contribution in [3.05, 3.63) is 127 Å². The molecule has 0 saturated carbocycles. The average Bonchev–Trinajstić information content (AvgIpc) is 3.07. The highest BCUT2D eigenvalue weighted by Gasteiger charge is 2.22. The maximum Gasteiger partial charge on any atom is 0.284 e. The summed E-state index contributed by atoms with van der Waals surface area (Å²) in [5.41, 5.74) is 6.15. The molecule has 0 bridgehead atoms. The van der Waals surface area contributed by atoms with Crippen LogP contribution < -0.4 is 9.47 Å². The summed E-state index contributed by atoms with van der Waals surface area (Å²) in [4.78, 5) is 23.9. The van der Waals surface area contributed by atoms with Crippen LogP contribution in [0.15, 0.2) is 127 Å². The summed E-state index contributed by atoms with van der Waals surface area (Å²) in [6, 6.07) is 41.5. The minimum absolute atomic E-state index is 0.346. The molecule has 198 valence electrons. The minimum atomic E-state index is 0.346.